The van der Waals surface area contributed by atoms with Crippen molar-refractivity contribution in [1.82, 2.24) is 39.0 Å². The Hall–Kier alpha value is -3.46. The number of phosphoric acid groups is 2. The van der Waals surface area contributed by atoms with Crippen molar-refractivity contribution in [3.05, 3.63) is 29.3 Å². The number of nitrogens with zero attached hydrogens (tertiary/aromatic N) is 7. The molecule has 6 heterocycles. The zero-order valence-electron chi connectivity index (χ0n) is 22.6. The molecule has 24 heteroatoms. The van der Waals surface area contributed by atoms with E-state index in [4.69, 9.17) is 34.3 Å². The molecule has 0 bridgehead atoms. The number of ether oxygens (including phenoxy) is 1. The number of H-pyrrole nitrogens is 1. The van der Waals surface area contributed by atoms with Crippen LogP contribution in [0.3, 0.4) is 0 Å². The number of hydrogen-bond acceptors (Lipinski definition) is 15. The second-order valence-electron chi connectivity index (χ2n) is 10.5. The van der Waals surface area contributed by atoms with Crippen molar-refractivity contribution in [2.24, 2.45) is 5.92 Å². The zero-order chi connectivity index (χ0) is 31.8. The number of alkyl halides is 2. The number of rotatable bonds is 2. The molecule has 4 aromatic rings. The van der Waals surface area contributed by atoms with Crippen LogP contribution in [0.4, 0.5) is 20.5 Å². The first-order chi connectivity index (χ1) is 21.3. The standard InChI is InChI=1S/C21H24F2N10O10P2/c22-10-8(32-5-28-12-16(24)26-4-27-17(12)32)1-7-2-39-44(35,36)43-15-9(3-40-45(37,38)42-14(7)10)41-20(11(15)23)33-6-29-13-18(33)30-21(25)31-19(13)34/h4-11,14-15,20H,1-3H2,(H,35,36)(H,37,38)(H2,24,26,27)(H3,25,30,31,34). The highest BCUT2D eigenvalue weighted by molar-refractivity contribution is 7.47. The van der Waals surface area contributed by atoms with Gasteiger partial charge in [0.05, 0.1) is 31.9 Å². The lowest BCUT2D eigenvalue weighted by Crippen LogP contribution is -2.35. The van der Waals surface area contributed by atoms with Gasteiger partial charge >= 0.3 is 15.6 Å². The zero-order valence-corrected chi connectivity index (χ0v) is 24.4. The van der Waals surface area contributed by atoms with Gasteiger partial charge in [-0.15, -0.1) is 0 Å². The second-order valence-corrected chi connectivity index (χ2v) is 13.4. The third kappa shape index (κ3) is 5.30. The number of phosphoric ester groups is 2. The van der Waals surface area contributed by atoms with E-state index >= 15 is 8.78 Å². The summed E-state index contributed by atoms with van der Waals surface area (Å²) in [5.74, 6) is -1.37. The Morgan fingerprint density at radius 2 is 1.60 bits per heavy atom. The first-order valence-electron chi connectivity index (χ1n) is 13.2. The van der Waals surface area contributed by atoms with Gasteiger partial charge in [0.25, 0.3) is 5.56 Å². The molecule has 45 heavy (non-hydrogen) atoms. The minimum Gasteiger partial charge on any atom is -0.382 e. The summed E-state index contributed by atoms with van der Waals surface area (Å²) in [6.07, 6.45) is -7.85. The van der Waals surface area contributed by atoms with Crippen molar-refractivity contribution in [3.8, 4) is 0 Å². The summed E-state index contributed by atoms with van der Waals surface area (Å²) in [6, 6.07) is -1.09. The Bertz CT molecular complexity index is 1940. The van der Waals surface area contributed by atoms with Gasteiger partial charge in [0.2, 0.25) is 5.95 Å². The lowest BCUT2D eigenvalue weighted by molar-refractivity contribution is -0.0551. The maximum Gasteiger partial charge on any atom is 0.472 e. The normalized spacial score (nSPS) is 37.7. The number of aromatic nitrogens is 8. The molecule has 0 aromatic carbocycles. The lowest BCUT2D eigenvalue weighted by Gasteiger charge is -2.28. The molecule has 4 aromatic heterocycles. The van der Waals surface area contributed by atoms with Gasteiger partial charge in [-0.3, -0.25) is 32.4 Å². The molecule has 7 rings (SSSR count). The van der Waals surface area contributed by atoms with Gasteiger partial charge in [-0.2, -0.15) is 4.98 Å². The minimum absolute atomic E-state index is 0.0429. The molecular weight excluding hydrogens is 652 g/mol. The SMILES string of the molecule is Nc1nc2c(ncn2C2OC3COP(=O)(O)OC4C(COP(=O)(O)OC3C2F)CC(n2cnc3c(N)ncnc32)C4F)c(=O)[nH]1. The molecule has 10 unspecified atom stereocenters. The van der Waals surface area contributed by atoms with Crippen LogP contribution in [0.2, 0.25) is 0 Å². The summed E-state index contributed by atoms with van der Waals surface area (Å²) in [5.41, 5.74) is 10.7. The van der Waals surface area contributed by atoms with Gasteiger partial charge in [-0.1, -0.05) is 0 Å². The van der Waals surface area contributed by atoms with Crippen molar-refractivity contribution < 1.29 is 50.5 Å². The van der Waals surface area contributed by atoms with Crippen LogP contribution in [0.25, 0.3) is 22.3 Å². The van der Waals surface area contributed by atoms with E-state index in [1.165, 1.54) is 10.9 Å². The topological polar surface area (TPSA) is 280 Å². The third-order valence-corrected chi connectivity index (χ3v) is 9.76. The number of aromatic amines is 1. The van der Waals surface area contributed by atoms with E-state index in [2.05, 4.69) is 29.9 Å². The number of nitrogens with one attached hydrogen (secondary N) is 1. The van der Waals surface area contributed by atoms with Crippen LogP contribution in [-0.2, 0) is 32.0 Å². The third-order valence-electron chi connectivity index (χ3n) is 7.79. The number of anilines is 2. The highest BCUT2D eigenvalue weighted by Crippen LogP contribution is 2.55. The Kier molecular flexibility index (Phi) is 7.26. The fourth-order valence-corrected chi connectivity index (χ4v) is 7.77. The Labute approximate surface area is 248 Å². The molecular formula is C21H24F2N10O10P2. The van der Waals surface area contributed by atoms with Gasteiger partial charge in [0.1, 0.15) is 36.3 Å². The predicted molar refractivity (Wildman–Crippen MR) is 144 cm³/mol. The quantitative estimate of drug-likeness (QED) is 0.178. The molecule has 1 saturated carbocycles. The molecule has 2 saturated heterocycles. The largest absolute Gasteiger partial charge is 0.472 e. The maximum absolute atomic E-state index is 16.0. The van der Waals surface area contributed by atoms with E-state index in [1.54, 1.807) is 0 Å². The van der Waals surface area contributed by atoms with E-state index < -0.39 is 83.3 Å². The van der Waals surface area contributed by atoms with Crippen LogP contribution in [-0.4, -0.2) is 92.7 Å². The van der Waals surface area contributed by atoms with Crippen molar-refractivity contribution in [2.75, 3.05) is 24.7 Å². The summed E-state index contributed by atoms with van der Waals surface area (Å²) in [4.78, 5) is 55.4. The predicted octanol–water partition coefficient (Wildman–Crippen LogP) is 0.276. The molecule has 7 N–H and O–H groups in total. The van der Waals surface area contributed by atoms with Crippen molar-refractivity contribution in [2.45, 2.75) is 49.3 Å². The lowest BCUT2D eigenvalue weighted by atomic mass is 10.1. The Morgan fingerprint density at radius 3 is 2.38 bits per heavy atom. The Balaban J connectivity index is 1.17. The fourth-order valence-electron chi connectivity index (χ4n) is 5.77. The maximum atomic E-state index is 16.0. The van der Waals surface area contributed by atoms with Crippen LogP contribution in [0.5, 0.6) is 0 Å². The molecule has 2 aliphatic heterocycles. The number of nitrogen functional groups attached to an aromatic ring is 2. The van der Waals surface area contributed by atoms with Crippen LogP contribution >= 0.6 is 15.6 Å². The monoisotopic (exact) mass is 676 g/mol. The fraction of sp³-hybridized carbons (Fsp3) is 0.524. The summed E-state index contributed by atoms with van der Waals surface area (Å²) in [5, 5.41) is 0. The molecule has 3 aliphatic rings. The summed E-state index contributed by atoms with van der Waals surface area (Å²) in [6.45, 7) is -1.63. The molecule has 20 nitrogen and oxygen atoms in total. The average Bonchev–Trinajstić information content (AvgIpc) is 3.72. The van der Waals surface area contributed by atoms with Crippen molar-refractivity contribution in [3.63, 3.8) is 0 Å². The molecule has 3 fully saturated rings. The molecule has 242 valence electrons. The smallest absolute Gasteiger partial charge is 0.382 e. The number of fused-ring (bicyclic) bond motifs is 4. The van der Waals surface area contributed by atoms with Crippen molar-refractivity contribution in [1.29, 1.82) is 0 Å². The van der Waals surface area contributed by atoms with Crippen molar-refractivity contribution >= 4 is 49.7 Å². The van der Waals surface area contributed by atoms with E-state index in [-0.39, 0.29) is 40.5 Å². The molecule has 0 amide bonds. The highest BCUT2D eigenvalue weighted by atomic mass is 31.2. The summed E-state index contributed by atoms with van der Waals surface area (Å²) < 4.78 is 86.5. The number of hydrogen-bond donors (Lipinski definition) is 5. The van der Waals surface area contributed by atoms with Crippen LogP contribution < -0.4 is 17.0 Å². The number of imidazole rings is 2. The van der Waals surface area contributed by atoms with Gasteiger partial charge in [-0.25, -0.2) is 37.8 Å². The molecule has 0 radical (unpaired) electrons. The first kappa shape index (κ1) is 30.2. The van der Waals surface area contributed by atoms with E-state index in [9.17, 15) is 23.7 Å². The summed E-state index contributed by atoms with van der Waals surface area (Å²) >= 11 is 0. The Morgan fingerprint density at radius 1 is 0.911 bits per heavy atom. The van der Waals surface area contributed by atoms with Gasteiger partial charge in [0, 0.05) is 5.92 Å². The van der Waals surface area contributed by atoms with Gasteiger partial charge in [0.15, 0.2) is 35.0 Å². The molecule has 1 aliphatic carbocycles. The van der Waals surface area contributed by atoms with Crippen LogP contribution in [0.1, 0.15) is 18.7 Å². The average molecular weight is 676 g/mol. The highest BCUT2D eigenvalue weighted by Gasteiger charge is 2.54. The first-order valence-corrected chi connectivity index (χ1v) is 16.2. The number of nitrogens with two attached hydrogens (primary N) is 2. The molecule has 0 spiro atoms. The molecule has 10 atom stereocenters. The minimum atomic E-state index is -5.10. The van der Waals surface area contributed by atoms with E-state index in [0.717, 1.165) is 17.2 Å². The van der Waals surface area contributed by atoms with Crippen LogP contribution in [0, 0.1) is 5.92 Å². The summed E-state index contributed by atoms with van der Waals surface area (Å²) in [7, 11) is -10.2. The van der Waals surface area contributed by atoms with Gasteiger partial charge < -0.3 is 30.6 Å². The second kappa shape index (κ2) is 10.8. The van der Waals surface area contributed by atoms with Gasteiger partial charge in [-0.05, 0) is 6.42 Å². The van der Waals surface area contributed by atoms with E-state index in [0.29, 0.717) is 0 Å². The van der Waals surface area contributed by atoms with Crippen LogP contribution in [0.15, 0.2) is 23.8 Å². The number of halogens is 2. The van der Waals surface area contributed by atoms with E-state index in [1.807, 2.05) is 0 Å².